The normalized spacial score (nSPS) is 12.8. The smallest absolute Gasteiger partial charge is 0.0454 e. The fraction of sp³-hybridized carbons (Fsp3) is 0.500. The number of hydrogen-bond acceptors (Lipinski definition) is 2. The number of aryl methyl sites for hydroxylation is 1. The van der Waals surface area contributed by atoms with Gasteiger partial charge in [-0.1, -0.05) is 26.3 Å². The summed E-state index contributed by atoms with van der Waals surface area (Å²) in [5, 5.41) is 0. The predicted molar refractivity (Wildman–Crippen MR) is 65.8 cm³/mol. The summed E-state index contributed by atoms with van der Waals surface area (Å²) in [6, 6.07) is 6.28. The average molecular weight is 209 g/mol. The van der Waals surface area contributed by atoms with Crippen LogP contribution in [0.4, 0.5) is 5.69 Å². The van der Waals surface area contributed by atoms with Crippen LogP contribution in [0, 0.1) is 12.8 Å². The van der Waals surface area contributed by atoms with Crippen LogP contribution in [-0.4, -0.2) is 5.75 Å². The van der Waals surface area contributed by atoms with Crippen molar-refractivity contribution in [1.82, 2.24) is 0 Å². The van der Waals surface area contributed by atoms with Crippen LogP contribution in [-0.2, 0) is 0 Å². The first-order valence-corrected chi connectivity index (χ1v) is 6.11. The van der Waals surface area contributed by atoms with Gasteiger partial charge in [-0.3, -0.25) is 0 Å². The van der Waals surface area contributed by atoms with Crippen LogP contribution < -0.4 is 5.73 Å². The van der Waals surface area contributed by atoms with Crippen LogP contribution in [0.25, 0.3) is 0 Å². The van der Waals surface area contributed by atoms with Crippen molar-refractivity contribution in [3.63, 3.8) is 0 Å². The molecule has 0 saturated carbocycles. The lowest BCUT2D eigenvalue weighted by atomic mass is 10.2. The van der Waals surface area contributed by atoms with Gasteiger partial charge >= 0.3 is 0 Å². The van der Waals surface area contributed by atoms with Gasteiger partial charge in [-0.25, -0.2) is 0 Å². The standard InChI is InChI=1S/C12H19NS/c1-4-9(2)8-14-12-6-5-10(3)7-11(12)13/h5-7,9H,4,8,13H2,1-3H3. The molecule has 0 radical (unpaired) electrons. The van der Waals surface area contributed by atoms with E-state index in [1.807, 2.05) is 17.8 Å². The Morgan fingerprint density at radius 1 is 1.43 bits per heavy atom. The first kappa shape index (κ1) is 11.4. The van der Waals surface area contributed by atoms with E-state index in [0.717, 1.165) is 17.4 Å². The molecule has 78 valence electrons. The molecule has 1 atom stereocenters. The summed E-state index contributed by atoms with van der Waals surface area (Å²) < 4.78 is 0. The van der Waals surface area contributed by atoms with Crippen LogP contribution >= 0.6 is 11.8 Å². The minimum absolute atomic E-state index is 0.765. The number of anilines is 1. The Kier molecular flexibility index (Phi) is 4.33. The zero-order chi connectivity index (χ0) is 10.6. The highest BCUT2D eigenvalue weighted by Gasteiger charge is 2.03. The van der Waals surface area contributed by atoms with E-state index < -0.39 is 0 Å². The van der Waals surface area contributed by atoms with Crippen LogP contribution in [0.15, 0.2) is 23.1 Å². The molecule has 0 aliphatic rings. The molecule has 1 aromatic carbocycles. The highest BCUT2D eigenvalue weighted by molar-refractivity contribution is 7.99. The molecule has 0 aliphatic heterocycles. The van der Waals surface area contributed by atoms with Gasteiger partial charge in [-0.2, -0.15) is 0 Å². The molecule has 1 rings (SSSR count). The van der Waals surface area contributed by atoms with Gasteiger partial charge < -0.3 is 5.73 Å². The Balaban J connectivity index is 2.59. The molecule has 1 nitrogen and oxygen atoms in total. The topological polar surface area (TPSA) is 26.0 Å². The van der Waals surface area contributed by atoms with Crippen LogP contribution in [0.3, 0.4) is 0 Å². The monoisotopic (exact) mass is 209 g/mol. The van der Waals surface area contributed by atoms with Crippen molar-refractivity contribution in [2.24, 2.45) is 5.92 Å². The molecule has 0 bridgehead atoms. The number of benzene rings is 1. The predicted octanol–water partition coefficient (Wildman–Crippen LogP) is 3.72. The minimum Gasteiger partial charge on any atom is -0.398 e. The first-order chi connectivity index (χ1) is 6.63. The van der Waals surface area contributed by atoms with Crippen molar-refractivity contribution in [3.05, 3.63) is 23.8 Å². The maximum atomic E-state index is 5.93. The van der Waals surface area contributed by atoms with Gasteiger partial charge in [-0.15, -0.1) is 11.8 Å². The maximum absolute atomic E-state index is 5.93. The second-order valence-electron chi connectivity index (χ2n) is 3.87. The second-order valence-corrected chi connectivity index (χ2v) is 4.93. The molecule has 0 amide bonds. The number of hydrogen-bond donors (Lipinski definition) is 1. The first-order valence-electron chi connectivity index (χ1n) is 5.12. The molecule has 0 aromatic heterocycles. The van der Waals surface area contributed by atoms with Crippen molar-refractivity contribution >= 4 is 17.4 Å². The Bertz CT molecular complexity index is 296. The zero-order valence-corrected chi connectivity index (χ0v) is 10.0. The van der Waals surface area contributed by atoms with Crippen LogP contribution in [0.2, 0.25) is 0 Å². The van der Waals surface area contributed by atoms with Gasteiger partial charge in [0.1, 0.15) is 0 Å². The number of nitrogens with two attached hydrogens (primary N) is 1. The Labute approximate surface area is 91.1 Å². The molecular weight excluding hydrogens is 190 g/mol. The summed E-state index contributed by atoms with van der Waals surface area (Å²) in [6.07, 6.45) is 1.23. The molecule has 1 aromatic rings. The van der Waals surface area contributed by atoms with Crippen LogP contribution in [0.5, 0.6) is 0 Å². The van der Waals surface area contributed by atoms with Gasteiger partial charge in [-0.05, 0) is 30.5 Å². The van der Waals surface area contributed by atoms with Gasteiger partial charge in [0.2, 0.25) is 0 Å². The summed E-state index contributed by atoms with van der Waals surface area (Å²) in [5.74, 6) is 1.92. The van der Waals surface area contributed by atoms with E-state index in [-0.39, 0.29) is 0 Å². The highest BCUT2D eigenvalue weighted by Crippen LogP contribution is 2.27. The largest absolute Gasteiger partial charge is 0.398 e. The van der Waals surface area contributed by atoms with Gasteiger partial charge in [0.05, 0.1) is 0 Å². The third kappa shape index (κ3) is 3.26. The zero-order valence-electron chi connectivity index (χ0n) is 9.21. The number of nitrogen functional groups attached to an aromatic ring is 1. The van der Waals surface area contributed by atoms with Crippen molar-refractivity contribution < 1.29 is 0 Å². The van der Waals surface area contributed by atoms with Crippen molar-refractivity contribution in [3.8, 4) is 0 Å². The molecule has 0 aliphatic carbocycles. The van der Waals surface area contributed by atoms with Crippen molar-refractivity contribution in [2.45, 2.75) is 32.1 Å². The molecule has 0 heterocycles. The highest BCUT2D eigenvalue weighted by atomic mass is 32.2. The van der Waals surface area contributed by atoms with E-state index in [2.05, 4.69) is 32.9 Å². The summed E-state index contributed by atoms with van der Waals surface area (Å²) in [5.41, 5.74) is 8.08. The number of rotatable bonds is 4. The van der Waals surface area contributed by atoms with E-state index >= 15 is 0 Å². The molecule has 0 spiro atoms. The van der Waals surface area contributed by atoms with Crippen molar-refractivity contribution in [2.75, 3.05) is 11.5 Å². The average Bonchev–Trinajstić information content (AvgIpc) is 2.16. The SMILES string of the molecule is CCC(C)CSc1ccc(C)cc1N. The second kappa shape index (κ2) is 5.30. The molecule has 1 unspecified atom stereocenters. The molecule has 2 heteroatoms. The molecule has 2 N–H and O–H groups in total. The summed E-state index contributed by atoms with van der Waals surface area (Å²) in [6.45, 7) is 6.57. The van der Waals surface area contributed by atoms with Crippen LogP contribution in [0.1, 0.15) is 25.8 Å². The fourth-order valence-electron chi connectivity index (χ4n) is 1.15. The van der Waals surface area contributed by atoms with Gasteiger partial charge in [0, 0.05) is 16.3 Å². The molecule has 0 saturated heterocycles. The minimum atomic E-state index is 0.765. The molecule has 0 fully saturated rings. The lowest BCUT2D eigenvalue weighted by Crippen LogP contribution is -1.97. The van der Waals surface area contributed by atoms with E-state index in [0.29, 0.717) is 0 Å². The third-order valence-electron chi connectivity index (χ3n) is 2.39. The summed E-state index contributed by atoms with van der Waals surface area (Å²) >= 11 is 1.86. The summed E-state index contributed by atoms with van der Waals surface area (Å²) in [7, 11) is 0. The Morgan fingerprint density at radius 3 is 2.71 bits per heavy atom. The molecular formula is C12H19NS. The quantitative estimate of drug-likeness (QED) is 0.604. The van der Waals surface area contributed by atoms with Crippen molar-refractivity contribution in [1.29, 1.82) is 0 Å². The van der Waals surface area contributed by atoms with E-state index in [1.165, 1.54) is 16.9 Å². The van der Waals surface area contributed by atoms with E-state index in [9.17, 15) is 0 Å². The van der Waals surface area contributed by atoms with Gasteiger partial charge in [0.25, 0.3) is 0 Å². The lowest BCUT2D eigenvalue weighted by Gasteiger charge is -2.09. The molecule has 14 heavy (non-hydrogen) atoms. The maximum Gasteiger partial charge on any atom is 0.0454 e. The summed E-state index contributed by atoms with van der Waals surface area (Å²) in [4.78, 5) is 1.22. The van der Waals surface area contributed by atoms with Gasteiger partial charge in [0.15, 0.2) is 0 Å². The Morgan fingerprint density at radius 2 is 2.14 bits per heavy atom. The van der Waals surface area contributed by atoms with E-state index in [1.54, 1.807) is 0 Å². The van der Waals surface area contributed by atoms with E-state index in [4.69, 9.17) is 5.73 Å². The fourth-order valence-corrected chi connectivity index (χ4v) is 2.24. The Hall–Kier alpha value is -0.630. The third-order valence-corrected chi connectivity index (χ3v) is 3.80. The number of thioether (sulfide) groups is 1. The lowest BCUT2D eigenvalue weighted by molar-refractivity contribution is 0.637.